The summed E-state index contributed by atoms with van der Waals surface area (Å²) in [6.45, 7) is 0. The number of anilines is 1. The van der Waals surface area contributed by atoms with Crippen molar-refractivity contribution in [3.8, 4) is 0 Å². The zero-order valence-electron chi connectivity index (χ0n) is 13.3. The molecule has 2 fully saturated rings. The van der Waals surface area contributed by atoms with Gasteiger partial charge in [0.05, 0.1) is 23.6 Å². The van der Waals surface area contributed by atoms with Crippen LogP contribution in [0.1, 0.15) is 25.7 Å². The SMILES string of the molecule is CO[C@@H]1CCCC2=CC[C@H]3C(=O)N(c4ccccc4)C(=O)[C@H]3[C@H]21. The van der Waals surface area contributed by atoms with Crippen LogP contribution in [0.5, 0.6) is 0 Å². The summed E-state index contributed by atoms with van der Waals surface area (Å²) < 4.78 is 5.67. The maximum absolute atomic E-state index is 13.1. The molecule has 1 aliphatic heterocycles. The van der Waals surface area contributed by atoms with Crippen molar-refractivity contribution in [3.63, 3.8) is 0 Å². The van der Waals surface area contributed by atoms with Crippen LogP contribution in [-0.4, -0.2) is 25.0 Å². The molecule has 3 aliphatic rings. The van der Waals surface area contributed by atoms with Crippen molar-refractivity contribution in [2.75, 3.05) is 12.0 Å². The average molecular weight is 311 g/mol. The van der Waals surface area contributed by atoms with Gasteiger partial charge in [-0.15, -0.1) is 0 Å². The second kappa shape index (κ2) is 5.60. The van der Waals surface area contributed by atoms with Crippen molar-refractivity contribution in [2.24, 2.45) is 17.8 Å². The molecular weight excluding hydrogens is 290 g/mol. The number of para-hydroxylation sites is 1. The lowest BCUT2D eigenvalue weighted by Gasteiger charge is -2.40. The minimum absolute atomic E-state index is 0.0502. The quantitative estimate of drug-likeness (QED) is 0.623. The number of fused-ring (bicyclic) bond motifs is 3. The van der Waals surface area contributed by atoms with Crippen LogP contribution in [-0.2, 0) is 14.3 Å². The summed E-state index contributed by atoms with van der Waals surface area (Å²) in [5, 5.41) is 0. The van der Waals surface area contributed by atoms with E-state index in [9.17, 15) is 9.59 Å². The van der Waals surface area contributed by atoms with Crippen LogP contribution in [0.25, 0.3) is 0 Å². The predicted molar refractivity (Wildman–Crippen MR) is 86.8 cm³/mol. The Balaban J connectivity index is 1.73. The van der Waals surface area contributed by atoms with E-state index < -0.39 is 0 Å². The Bertz CT molecular complexity index is 666. The molecule has 0 N–H and O–H groups in total. The molecule has 1 saturated heterocycles. The fourth-order valence-electron chi connectivity index (χ4n) is 4.57. The van der Waals surface area contributed by atoms with Gasteiger partial charge in [-0.3, -0.25) is 14.5 Å². The molecule has 120 valence electrons. The maximum atomic E-state index is 13.1. The first kappa shape index (κ1) is 14.6. The van der Waals surface area contributed by atoms with Crippen molar-refractivity contribution in [1.29, 1.82) is 0 Å². The van der Waals surface area contributed by atoms with Crippen molar-refractivity contribution >= 4 is 17.5 Å². The Morgan fingerprint density at radius 2 is 1.87 bits per heavy atom. The lowest BCUT2D eigenvalue weighted by Crippen LogP contribution is -2.42. The van der Waals surface area contributed by atoms with Gasteiger partial charge in [0.15, 0.2) is 0 Å². The number of hydrogen-bond acceptors (Lipinski definition) is 3. The number of imide groups is 1. The molecule has 1 heterocycles. The van der Waals surface area contributed by atoms with Gasteiger partial charge in [-0.25, -0.2) is 0 Å². The molecule has 4 atom stereocenters. The monoisotopic (exact) mass is 311 g/mol. The second-order valence-electron chi connectivity index (χ2n) is 6.69. The maximum Gasteiger partial charge on any atom is 0.238 e. The fraction of sp³-hybridized carbons (Fsp3) is 0.474. The highest BCUT2D eigenvalue weighted by Gasteiger charge is 2.55. The lowest BCUT2D eigenvalue weighted by atomic mass is 9.66. The van der Waals surface area contributed by atoms with E-state index in [0.717, 1.165) is 19.3 Å². The van der Waals surface area contributed by atoms with Crippen LogP contribution in [0.3, 0.4) is 0 Å². The number of methoxy groups -OCH3 is 1. The summed E-state index contributed by atoms with van der Waals surface area (Å²) in [5.41, 5.74) is 2.00. The minimum atomic E-state index is -0.257. The zero-order valence-corrected chi connectivity index (χ0v) is 13.3. The third-order valence-corrected chi connectivity index (χ3v) is 5.60. The van der Waals surface area contributed by atoms with Gasteiger partial charge >= 0.3 is 0 Å². The number of hydrogen-bond donors (Lipinski definition) is 0. The molecule has 4 heteroatoms. The van der Waals surface area contributed by atoms with Gasteiger partial charge in [-0.2, -0.15) is 0 Å². The van der Waals surface area contributed by atoms with Gasteiger partial charge in [0.2, 0.25) is 11.8 Å². The van der Waals surface area contributed by atoms with Crippen LogP contribution in [0.15, 0.2) is 42.0 Å². The highest BCUT2D eigenvalue weighted by Crippen LogP contribution is 2.48. The molecule has 23 heavy (non-hydrogen) atoms. The number of ether oxygens (including phenoxy) is 1. The number of carbonyl (C=O) groups excluding carboxylic acids is 2. The molecular formula is C19H21NO3. The van der Waals surface area contributed by atoms with Crippen LogP contribution in [0.2, 0.25) is 0 Å². The smallest absolute Gasteiger partial charge is 0.238 e. The molecule has 2 aliphatic carbocycles. The van der Waals surface area contributed by atoms with Crippen molar-refractivity contribution in [2.45, 2.75) is 31.8 Å². The number of rotatable bonds is 2. The van der Waals surface area contributed by atoms with E-state index in [4.69, 9.17) is 4.74 Å². The van der Waals surface area contributed by atoms with E-state index in [-0.39, 0.29) is 35.7 Å². The largest absolute Gasteiger partial charge is 0.381 e. The van der Waals surface area contributed by atoms with Gasteiger partial charge in [-0.1, -0.05) is 29.8 Å². The fourth-order valence-corrected chi connectivity index (χ4v) is 4.57. The van der Waals surface area contributed by atoms with Crippen molar-refractivity contribution in [1.82, 2.24) is 0 Å². The third-order valence-electron chi connectivity index (χ3n) is 5.60. The number of carbonyl (C=O) groups is 2. The first-order valence-electron chi connectivity index (χ1n) is 8.37. The molecule has 4 nitrogen and oxygen atoms in total. The summed E-state index contributed by atoms with van der Waals surface area (Å²) in [5.74, 6) is -0.523. The Kier molecular flexibility index (Phi) is 3.57. The molecule has 2 amide bonds. The molecule has 1 aromatic carbocycles. The number of nitrogens with zero attached hydrogens (tertiary/aromatic N) is 1. The molecule has 0 aromatic heterocycles. The van der Waals surface area contributed by atoms with E-state index in [1.54, 1.807) is 7.11 Å². The number of amides is 2. The Labute approximate surface area is 136 Å². The molecule has 0 unspecified atom stereocenters. The third kappa shape index (κ3) is 2.16. The molecule has 0 radical (unpaired) electrons. The molecule has 4 rings (SSSR count). The van der Waals surface area contributed by atoms with E-state index in [0.29, 0.717) is 12.1 Å². The minimum Gasteiger partial charge on any atom is -0.381 e. The molecule has 1 aromatic rings. The van der Waals surface area contributed by atoms with Crippen LogP contribution < -0.4 is 4.90 Å². The zero-order chi connectivity index (χ0) is 16.0. The van der Waals surface area contributed by atoms with Crippen molar-refractivity contribution < 1.29 is 14.3 Å². The Morgan fingerprint density at radius 1 is 1.09 bits per heavy atom. The van der Waals surface area contributed by atoms with Crippen LogP contribution >= 0.6 is 0 Å². The average Bonchev–Trinajstić information content (AvgIpc) is 2.86. The van der Waals surface area contributed by atoms with Gasteiger partial charge in [0, 0.05) is 13.0 Å². The first-order valence-corrected chi connectivity index (χ1v) is 8.37. The molecule has 0 spiro atoms. The highest BCUT2D eigenvalue weighted by atomic mass is 16.5. The number of benzene rings is 1. The first-order chi connectivity index (χ1) is 11.2. The second-order valence-corrected chi connectivity index (χ2v) is 6.69. The molecule has 1 saturated carbocycles. The topological polar surface area (TPSA) is 46.6 Å². The van der Waals surface area contributed by atoms with Gasteiger partial charge < -0.3 is 4.74 Å². The van der Waals surface area contributed by atoms with E-state index in [1.165, 1.54) is 10.5 Å². The normalized spacial score (nSPS) is 33.3. The summed E-state index contributed by atoms with van der Waals surface area (Å²) >= 11 is 0. The van der Waals surface area contributed by atoms with Gasteiger partial charge in [0.25, 0.3) is 0 Å². The van der Waals surface area contributed by atoms with E-state index >= 15 is 0 Å². The van der Waals surface area contributed by atoms with Gasteiger partial charge in [0.1, 0.15) is 0 Å². The lowest BCUT2D eigenvalue weighted by molar-refractivity contribution is -0.124. The standard InChI is InChI=1S/C19H21NO3/c1-23-15-9-5-6-12-10-11-14-17(16(12)15)19(22)20(18(14)21)13-7-3-2-4-8-13/h2-4,7-8,10,14-17H,5-6,9,11H2,1H3/t14-,15-,16-,17-/m1/s1. The molecule has 0 bridgehead atoms. The van der Waals surface area contributed by atoms with Gasteiger partial charge in [-0.05, 0) is 37.8 Å². The highest BCUT2D eigenvalue weighted by molar-refractivity contribution is 6.22. The predicted octanol–water partition coefficient (Wildman–Crippen LogP) is 2.94. The Hall–Kier alpha value is -1.94. The Morgan fingerprint density at radius 3 is 2.61 bits per heavy atom. The van der Waals surface area contributed by atoms with Crippen LogP contribution in [0, 0.1) is 17.8 Å². The van der Waals surface area contributed by atoms with E-state index in [1.807, 2.05) is 30.3 Å². The number of allylic oxidation sites excluding steroid dienone is 1. The van der Waals surface area contributed by atoms with Crippen molar-refractivity contribution in [3.05, 3.63) is 42.0 Å². The van der Waals surface area contributed by atoms with E-state index in [2.05, 4.69) is 6.08 Å². The summed E-state index contributed by atoms with van der Waals surface area (Å²) in [6.07, 6.45) is 6.02. The summed E-state index contributed by atoms with van der Waals surface area (Å²) in [6, 6.07) is 9.27. The summed E-state index contributed by atoms with van der Waals surface area (Å²) in [4.78, 5) is 27.3. The summed E-state index contributed by atoms with van der Waals surface area (Å²) in [7, 11) is 1.72. The van der Waals surface area contributed by atoms with Crippen LogP contribution in [0.4, 0.5) is 5.69 Å².